The fraction of sp³-hybridized carbons (Fsp3) is 0.138. The van der Waals surface area contributed by atoms with Crippen molar-refractivity contribution in [3.05, 3.63) is 131 Å². The molecule has 0 spiro atoms. The zero-order valence-corrected chi connectivity index (χ0v) is 20.5. The van der Waals surface area contributed by atoms with Gasteiger partial charge in [0.2, 0.25) is 0 Å². The Morgan fingerprint density at radius 1 is 0.818 bits per heavy atom. The second kappa shape index (κ2) is 11.2. The van der Waals surface area contributed by atoms with Gasteiger partial charge in [-0.2, -0.15) is 0 Å². The molecule has 0 aromatic heterocycles. The molecule has 0 aliphatic heterocycles. The monoisotopic (exact) mass is 468 g/mol. The minimum atomic E-state index is -0.0201. The van der Waals surface area contributed by atoms with Gasteiger partial charge in [-0.1, -0.05) is 84.4 Å². The minimum Gasteiger partial charge on any atom is -0.352 e. The average molecular weight is 469 g/mol. The molecule has 4 heteroatoms. The Balaban J connectivity index is 1.43. The minimum absolute atomic E-state index is 0.0201. The van der Waals surface area contributed by atoms with Crippen molar-refractivity contribution < 1.29 is 0 Å². The van der Waals surface area contributed by atoms with Crippen LogP contribution in [-0.4, -0.2) is 5.11 Å². The highest BCUT2D eigenvalue weighted by Gasteiger charge is 2.17. The van der Waals surface area contributed by atoms with Crippen molar-refractivity contribution in [2.45, 2.75) is 30.5 Å². The smallest absolute Gasteiger partial charge is 0.171 e. The standard InChI is InChI=1S/C29H28N2S2/c1-21-13-18-27(22(2)19-21)28(24-9-5-3-6-10-24)31-29(32)30-25-16-14-23(15-17-25)20-33-26-11-7-4-8-12-26/h3-19,28H,20H2,1-2H3,(H2,30,31,32). The lowest BCUT2D eigenvalue weighted by molar-refractivity contribution is 0.762. The maximum absolute atomic E-state index is 5.70. The number of thiocarbonyl (C=S) groups is 1. The van der Waals surface area contributed by atoms with Crippen molar-refractivity contribution in [3.8, 4) is 0 Å². The lowest BCUT2D eigenvalue weighted by Crippen LogP contribution is -2.33. The average Bonchev–Trinajstić information content (AvgIpc) is 2.84. The molecule has 0 bridgehead atoms. The molecule has 0 heterocycles. The van der Waals surface area contributed by atoms with Gasteiger partial charge in [-0.05, 0) is 72.6 Å². The van der Waals surface area contributed by atoms with Gasteiger partial charge in [0.15, 0.2) is 5.11 Å². The molecule has 0 amide bonds. The van der Waals surface area contributed by atoms with Crippen molar-refractivity contribution >= 4 is 34.8 Å². The summed E-state index contributed by atoms with van der Waals surface area (Å²) < 4.78 is 0. The first-order valence-corrected chi connectivity index (χ1v) is 12.4. The number of thioether (sulfide) groups is 1. The molecule has 4 aromatic carbocycles. The number of nitrogens with one attached hydrogen (secondary N) is 2. The van der Waals surface area contributed by atoms with Crippen LogP contribution < -0.4 is 10.6 Å². The summed E-state index contributed by atoms with van der Waals surface area (Å²) in [5.41, 5.74) is 7.18. The Morgan fingerprint density at radius 2 is 1.48 bits per heavy atom. The number of hydrogen-bond donors (Lipinski definition) is 2. The van der Waals surface area contributed by atoms with Crippen molar-refractivity contribution in [1.29, 1.82) is 0 Å². The van der Waals surface area contributed by atoms with Gasteiger partial charge in [-0.3, -0.25) is 0 Å². The first-order valence-electron chi connectivity index (χ1n) is 11.0. The molecule has 4 rings (SSSR count). The summed E-state index contributed by atoms with van der Waals surface area (Å²) in [5.74, 6) is 0.940. The summed E-state index contributed by atoms with van der Waals surface area (Å²) >= 11 is 7.54. The molecule has 0 saturated carbocycles. The van der Waals surface area contributed by atoms with E-state index in [0.29, 0.717) is 5.11 Å². The van der Waals surface area contributed by atoms with Gasteiger partial charge in [0.1, 0.15) is 0 Å². The highest BCUT2D eigenvalue weighted by atomic mass is 32.2. The van der Waals surface area contributed by atoms with Crippen LogP contribution in [0.1, 0.15) is 33.9 Å². The van der Waals surface area contributed by atoms with Crippen LogP contribution in [0.5, 0.6) is 0 Å². The highest BCUT2D eigenvalue weighted by molar-refractivity contribution is 7.98. The van der Waals surface area contributed by atoms with E-state index < -0.39 is 0 Å². The van der Waals surface area contributed by atoms with E-state index in [-0.39, 0.29) is 6.04 Å². The molecule has 1 unspecified atom stereocenters. The van der Waals surface area contributed by atoms with E-state index in [9.17, 15) is 0 Å². The van der Waals surface area contributed by atoms with Gasteiger partial charge in [-0.15, -0.1) is 11.8 Å². The predicted molar refractivity (Wildman–Crippen MR) is 146 cm³/mol. The Kier molecular flexibility index (Phi) is 7.82. The molecule has 1 atom stereocenters. The van der Waals surface area contributed by atoms with E-state index in [1.807, 2.05) is 23.9 Å². The number of rotatable bonds is 7. The Bertz CT molecular complexity index is 1190. The first-order chi connectivity index (χ1) is 16.1. The summed E-state index contributed by atoms with van der Waals surface area (Å²) in [4.78, 5) is 1.28. The van der Waals surface area contributed by atoms with Gasteiger partial charge < -0.3 is 10.6 Å². The Hall–Kier alpha value is -3.08. The summed E-state index contributed by atoms with van der Waals surface area (Å²) in [5, 5.41) is 7.50. The molecule has 0 fully saturated rings. The maximum atomic E-state index is 5.70. The normalized spacial score (nSPS) is 11.6. The molecular weight excluding hydrogens is 440 g/mol. The van der Waals surface area contributed by atoms with Crippen LogP contribution in [0.4, 0.5) is 5.69 Å². The van der Waals surface area contributed by atoms with Crippen LogP contribution in [0.2, 0.25) is 0 Å². The van der Waals surface area contributed by atoms with Gasteiger partial charge in [-0.25, -0.2) is 0 Å². The summed E-state index contributed by atoms with van der Waals surface area (Å²) in [7, 11) is 0. The topological polar surface area (TPSA) is 24.1 Å². The second-order valence-electron chi connectivity index (χ2n) is 8.10. The van der Waals surface area contributed by atoms with E-state index in [2.05, 4.69) is 115 Å². The summed E-state index contributed by atoms with van der Waals surface area (Å²) in [6.45, 7) is 4.28. The SMILES string of the molecule is Cc1ccc(C(NC(=S)Nc2ccc(CSc3ccccc3)cc2)c2ccccc2)c(C)c1. The van der Waals surface area contributed by atoms with Gasteiger partial charge >= 0.3 is 0 Å². The third-order valence-corrected chi connectivity index (χ3v) is 6.81. The fourth-order valence-corrected chi connectivity index (χ4v) is 4.91. The lowest BCUT2D eigenvalue weighted by Gasteiger charge is -2.24. The van der Waals surface area contributed by atoms with Crippen LogP contribution in [-0.2, 0) is 5.75 Å². The number of aryl methyl sites for hydroxylation is 2. The quantitative estimate of drug-likeness (QED) is 0.215. The largest absolute Gasteiger partial charge is 0.352 e. The highest BCUT2D eigenvalue weighted by Crippen LogP contribution is 2.26. The molecule has 0 saturated heterocycles. The molecule has 2 nitrogen and oxygen atoms in total. The van der Waals surface area contributed by atoms with E-state index in [1.54, 1.807) is 0 Å². The molecule has 0 aliphatic rings. The van der Waals surface area contributed by atoms with Crippen LogP contribution in [0.3, 0.4) is 0 Å². The molecule has 0 aliphatic carbocycles. The molecule has 4 aromatic rings. The van der Waals surface area contributed by atoms with E-state index >= 15 is 0 Å². The lowest BCUT2D eigenvalue weighted by atomic mass is 9.94. The van der Waals surface area contributed by atoms with Gasteiger partial charge in [0, 0.05) is 16.3 Å². The van der Waals surface area contributed by atoms with E-state index in [0.717, 1.165) is 11.4 Å². The van der Waals surface area contributed by atoms with Crippen LogP contribution >= 0.6 is 24.0 Å². The number of benzene rings is 4. The number of anilines is 1. The zero-order chi connectivity index (χ0) is 23.0. The van der Waals surface area contributed by atoms with Crippen molar-refractivity contribution in [1.82, 2.24) is 5.32 Å². The molecule has 2 N–H and O–H groups in total. The second-order valence-corrected chi connectivity index (χ2v) is 9.56. The summed E-state index contributed by atoms with van der Waals surface area (Å²) in [6, 6.07) is 35.9. The van der Waals surface area contributed by atoms with Crippen LogP contribution in [0, 0.1) is 13.8 Å². The number of hydrogen-bond acceptors (Lipinski definition) is 2. The predicted octanol–water partition coefficient (Wildman–Crippen LogP) is 7.67. The molecule has 33 heavy (non-hydrogen) atoms. The Labute approximate surface area is 206 Å². The van der Waals surface area contributed by atoms with Gasteiger partial charge in [0.25, 0.3) is 0 Å². The summed E-state index contributed by atoms with van der Waals surface area (Å²) in [6.07, 6.45) is 0. The van der Waals surface area contributed by atoms with Crippen molar-refractivity contribution in [3.63, 3.8) is 0 Å². The Morgan fingerprint density at radius 3 is 2.15 bits per heavy atom. The zero-order valence-electron chi connectivity index (χ0n) is 18.9. The van der Waals surface area contributed by atoms with Crippen LogP contribution in [0.25, 0.3) is 0 Å². The molecular formula is C29H28N2S2. The van der Waals surface area contributed by atoms with Crippen molar-refractivity contribution in [2.75, 3.05) is 5.32 Å². The molecule has 166 valence electrons. The third kappa shape index (κ3) is 6.47. The third-order valence-electron chi connectivity index (χ3n) is 5.51. The van der Waals surface area contributed by atoms with E-state index in [1.165, 1.54) is 32.7 Å². The fourth-order valence-electron chi connectivity index (χ4n) is 3.80. The van der Waals surface area contributed by atoms with Crippen molar-refractivity contribution in [2.24, 2.45) is 0 Å². The van der Waals surface area contributed by atoms with E-state index in [4.69, 9.17) is 12.2 Å². The van der Waals surface area contributed by atoms with Gasteiger partial charge in [0.05, 0.1) is 6.04 Å². The maximum Gasteiger partial charge on any atom is 0.171 e. The first kappa shape index (κ1) is 23.1. The molecule has 0 radical (unpaired) electrons. The van der Waals surface area contributed by atoms with Crippen LogP contribution in [0.15, 0.2) is 108 Å².